The van der Waals surface area contributed by atoms with Gasteiger partial charge in [-0.15, -0.1) is 0 Å². The number of aliphatic hydroxyl groups excluding tert-OH is 2. The van der Waals surface area contributed by atoms with Crippen LogP contribution in [0.3, 0.4) is 0 Å². The Labute approximate surface area is 105 Å². The highest BCUT2D eigenvalue weighted by atomic mass is 16.5. The van der Waals surface area contributed by atoms with E-state index < -0.39 is 0 Å². The third kappa shape index (κ3) is 50.6. The van der Waals surface area contributed by atoms with E-state index in [1.54, 1.807) is 6.92 Å². The van der Waals surface area contributed by atoms with E-state index >= 15 is 0 Å². The van der Waals surface area contributed by atoms with E-state index in [0.29, 0.717) is 6.61 Å². The number of esters is 1. The Bertz CT molecular complexity index is 122. The van der Waals surface area contributed by atoms with Gasteiger partial charge in [0.1, 0.15) is 0 Å². The summed E-state index contributed by atoms with van der Waals surface area (Å²) in [6, 6.07) is 0. The number of hydrogen-bond acceptors (Lipinski definition) is 5. The van der Waals surface area contributed by atoms with Gasteiger partial charge in [0.05, 0.1) is 6.61 Å². The van der Waals surface area contributed by atoms with Crippen LogP contribution in [0.15, 0.2) is 0 Å². The number of unbranched alkanes of at least 4 members (excludes halogenated alkanes) is 1. The lowest BCUT2D eigenvalue weighted by molar-refractivity contribution is -0.140. The maximum Gasteiger partial charge on any atom is 0.302 e. The largest absolute Gasteiger partial charge is 0.466 e. The standard InChI is InChI=1S/C4H8O2.C4H10O2.C4H10O/c1-3-6-4(2)5;5-3-1-2-4-6;1-3-5-4-2/h3H2,1-2H3;5-6H,1-4H2;3-4H2,1-2H3. The van der Waals surface area contributed by atoms with Gasteiger partial charge in [-0.05, 0) is 33.6 Å². The molecule has 0 aromatic carbocycles. The predicted molar refractivity (Wildman–Crippen MR) is 67.9 cm³/mol. The van der Waals surface area contributed by atoms with E-state index in [1.165, 1.54) is 6.92 Å². The van der Waals surface area contributed by atoms with Crippen molar-refractivity contribution < 1.29 is 24.5 Å². The highest BCUT2D eigenvalue weighted by molar-refractivity contribution is 5.65. The predicted octanol–water partition coefficient (Wildman–Crippen LogP) is 1.36. The number of hydrogen-bond donors (Lipinski definition) is 2. The van der Waals surface area contributed by atoms with Crippen LogP contribution in [0.5, 0.6) is 0 Å². The third-order valence-corrected chi connectivity index (χ3v) is 1.32. The van der Waals surface area contributed by atoms with E-state index in [9.17, 15) is 4.79 Å². The summed E-state index contributed by atoms with van der Waals surface area (Å²) in [7, 11) is 0. The van der Waals surface area contributed by atoms with Gasteiger partial charge in [-0.3, -0.25) is 4.79 Å². The van der Waals surface area contributed by atoms with E-state index in [-0.39, 0.29) is 19.2 Å². The highest BCUT2D eigenvalue weighted by Crippen LogP contribution is 1.80. The normalized spacial score (nSPS) is 8.35. The summed E-state index contributed by atoms with van der Waals surface area (Å²) in [5, 5.41) is 16.2. The zero-order valence-corrected chi connectivity index (χ0v) is 11.6. The lowest BCUT2D eigenvalue weighted by atomic mass is 10.3. The molecule has 5 heteroatoms. The molecule has 0 aliphatic heterocycles. The molecule has 0 atom stereocenters. The van der Waals surface area contributed by atoms with E-state index in [1.807, 2.05) is 13.8 Å². The average molecular weight is 252 g/mol. The zero-order chi connectivity index (χ0) is 13.9. The Balaban J connectivity index is -0.000000174. The van der Waals surface area contributed by atoms with Crippen molar-refractivity contribution >= 4 is 5.97 Å². The van der Waals surface area contributed by atoms with Gasteiger partial charge in [-0.25, -0.2) is 0 Å². The van der Waals surface area contributed by atoms with Gasteiger partial charge < -0.3 is 19.7 Å². The van der Waals surface area contributed by atoms with Crippen LogP contribution in [0, 0.1) is 0 Å². The van der Waals surface area contributed by atoms with Gasteiger partial charge in [0.25, 0.3) is 0 Å². The van der Waals surface area contributed by atoms with Gasteiger partial charge >= 0.3 is 5.97 Å². The van der Waals surface area contributed by atoms with Crippen molar-refractivity contribution in [1.82, 2.24) is 0 Å². The Morgan fingerprint density at radius 2 is 1.35 bits per heavy atom. The minimum atomic E-state index is -0.211. The molecule has 0 unspecified atom stereocenters. The van der Waals surface area contributed by atoms with Crippen LogP contribution in [-0.2, 0) is 14.3 Å². The van der Waals surface area contributed by atoms with Crippen LogP contribution in [0.1, 0.15) is 40.5 Å². The second kappa shape index (κ2) is 24.5. The smallest absolute Gasteiger partial charge is 0.302 e. The van der Waals surface area contributed by atoms with Crippen molar-refractivity contribution in [2.24, 2.45) is 0 Å². The summed E-state index contributed by atoms with van der Waals surface area (Å²) < 4.78 is 9.24. The summed E-state index contributed by atoms with van der Waals surface area (Å²) in [5.74, 6) is -0.211. The second-order valence-corrected chi connectivity index (χ2v) is 2.86. The minimum absolute atomic E-state index is 0.195. The van der Waals surface area contributed by atoms with Crippen LogP contribution in [0.4, 0.5) is 0 Å². The van der Waals surface area contributed by atoms with E-state index in [4.69, 9.17) is 14.9 Å². The molecule has 2 N–H and O–H groups in total. The molecule has 106 valence electrons. The molecule has 0 aromatic heterocycles. The van der Waals surface area contributed by atoms with Crippen LogP contribution < -0.4 is 0 Å². The SMILES string of the molecule is CCOC(C)=O.CCOCC.OCCCCO. The topological polar surface area (TPSA) is 76.0 Å². The molecule has 0 aliphatic rings. The number of carbonyl (C=O) groups excluding carboxylic acids is 1. The molecule has 0 rings (SSSR count). The first kappa shape index (κ1) is 21.6. The molecule has 17 heavy (non-hydrogen) atoms. The van der Waals surface area contributed by atoms with Crippen molar-refractivity contribution in [3.63, 3.8) is 0 Å². The van der Waals surface area contributed by atoms with Crippen molar-refractivity contribution in [2.75, 3.05) is 33.0 Å². The molecule has 0 amide bonds. The Kier molecular flexibility index (Phi) is 31.2. The first-order valence-electron chi connectivity index (χ1n) is 6.03. The average Bonchev–Trinajstić information content (AvgIpc) is 2.29. The lowest BCUT2D eigenvalue weighted by Gasteiger charge is -1.89. The van der Waals surface area contributed by atoms with Crippen LogP contribution >= 0.6 is 0 Å². The molecule has 0 saturated carbocycles. The zero-order valence-electron chi connectivity index (χ0n) is 11.6. The molecular formula is C12H28O5. The summed E-state index contributed by atoms with van der Waals surface area (Å²) >= 11 is 0. The van der Waals surface area contributed by atoms with Crippen molar-refractivity contribution in [3.8, 4) is 0 Å². The molecule has 0 heterocycles. The minimum Gasteiger partial charge on any atom is -0.466 e. The number of ether oxygens (including phenoxy) is 2. The summed E-state index contributed by atoms with van der Waals surface area (Å²) in [5.41, 5.74) is 0. The first-order chi connectivity index (χ1) is 8.10. The molecule has 0 aromatic rings. The van der Waals surface area contributed by atoms with Crippen LogP contribution in [-0.4, -0.2) is 49.2 Å². The number of rotatable bonds is 6. The quantitative estimate of drug-likeness (QED) is 0.551. The van der Waals surface area contributed by atoms with Gasteiger partial charge in [0, 0.05) is 33.4 Å². The Morgan fingerprint density at radius 1 is 0.941 bits per heavy atom. The van der Waals surface area contributed by atoms with Gasteiger partial charge in [-0.1, -0.05) is 0 Å². The molecular weight excluding hydrogens is 224 g/mol. The number of aliphatic hydroxyl groups is 2. The van der Waals surface area contributed by atoms with Gasteiger partial charge in [0.15, 0.2) is 0 Å². The maximum absolute atomic E-state index is 9.82. The third-order valence-electron chi connectivity index (χ3n) is 1.32. The fraction of sp³-hybridized carbons (Fsp3) is 0.917. The number of carbonyl (C=O) groups is 1. The Morgan fingerprint density at radius 3 is 1.41 bits per heavy atom. The fourth-order valence-corrected chi connectivity index (χ4v) is 0.631. The van der Waals surface area contributed by atoms with E-state index in [0.717, 1.165) is 26.1 Å². The molecule has 0 saturated heterocycles. The fourth-order valence-electron chi connectivity index (χ4n) is 0.631. The molecule has 5 nitrogen and oxygen atoms in total. The van der Waals surface area contributed by atoms with Crippen molar-refractivity contribution in [1.29, 1.82) is 0 Å². The monoisotopic (exact) mass is 252 g/mol. The van der Waals surface area contributed by atoms with E-state index in [2.05, 4.69) is 4.74 Å². The van der Waals surface area contributed by atoms with Crippen LogP contribution in [0.2, 0.25) is 0 Å². The Hall–Kier alpha value is -0.650. The first-order valence-corrected chi connectivity index (χ1v) is 6.03. The molecule has 0 bridgehead atoms. The molecule has 0 spiro atoms. The van der Waals surface area contributed by atoms with Gasteiger partial charge in [0.2, 0.25) is 0 Å². The maximum atomic E-state index is 9.82. The molecule has 0 aliphatic carbocycles. The summed E-state index contributed by atoms with van der Waals surface area (Å²) in [6.07, 6.45) is 1.44. The van der Waals surface area contributed by atoms with Crippen LogP contribution in [0.25, 0.3) is 0 Å². The van der Waals surface area contributed by atoms with Gasteiger partial charge in [-0.2, -0.15) is 0 Å². The molecule has 0 fully saturated rings. The summed E-state index contributed by atoms with van der Waals surface area (Å²) in [4.78, 5) is 9.82. The highest BCUT2D eigenvalue weighted by Gasteiger charge is 1.81. The second-order valence-electron chi connectivity index (χ2n) is 2.86. The van der Waals surface area contributed by atoms with Crippen molar-refractivity contribution in [2.45, 2.75) is 40.5 Å². The molecule has 0 radical (unpaired) electrons. The summed E-state index contributed by atoms with van der Waals surface area (Å²) in [6.45, 7) is 9.71. The van der Waals surface area contributed by atoms with Crippen molar-refractivity contribution in [3.05, 3.63) is 0 Å². The lowest BCUT2D eigenvalue weighted by Crippen LogP contribution is -1.95.